The summed E-state index contributed by atoms with van der Waals surface area (Å²) >= 11 is 0. The molecule has 0 bridgehead atoms. The van der Waals surface area contributed by atoms with Crippen LogP contribution in [0.3, 0.4) is 0 Å². The summed E-state index contributed by atoms with van der Waals surface area (Å²) in [6.07, 6.45) is 1.29. The Labute approximate surface area is 211 Å². The summed E-state index contributed by atoms with van der Waals surface area (Å²) in [7, 11) is 2.87. The van der Waals surface area contributed by atoms with Crippen LogP contribution in [0.4, 0.5) is 4.39 Å². The van der Waals surface area contributed by atoms with Gasteiger partial charge < -0.3 is 25.2 Å². The van der Waals surface area contributed by atoms with Gasteiger partial charge in [-0.3, -0.25) is 14.4 Å². The lowest BCUT2D eigenvalue weighted by molar-refractivity contribution is -0.119. The smallest absolute Gasteiger partial charge is 0.270 e. The molecule has 0 radical (unpaired) electrons. The predicted molar refractivity (Wildman–Crippen MR) is 131 cm³/mol. The monoisotopic (exact) mass is 508 g/mol. The number of pyridine rings is 1. The topological polar surface area (TPSA) is 148 Å². The molecule has 4 rings (SSSR count). The average Bonchev–Trinajstić information content (AvgIpc) is 3.39. The van der Waals surface area contributed by atoms with E-state index in [1.165, 1.54) is 38.6 Å². The number of amides is 2. The van der Waals surface area contributed by atoms with Gasteiger partial charge in [-0.25, -0.2) is 14.4 Å². The fourth-order valence-corrected chi connectivity index (χ4v) is 3.75. The van der Waals surface area contributed by atoms with Crippen molar-refractivity contribution in [3.63, 3.8) is 0 Å². The number of carbonyl (C=O) groups is 2. The van der Waals surface area contributed by atoms with Crippen molar-refractivity contribution < 1.29 is 23.6 Å². The number of oxime groups is 1. The van der Waals surface area contributed by atoms with E-state index in [-0.39, 0.29) is 35.9 Å². The summed E-state index contributed by atoms with van der Waals surface area (Å²) in [5, 5.41) is 9.37. The molecule has 1 aromatic carbocycles. The van der Waals surface area contributed by atoms with Gasteiger partial charge in [0.1, 0.15) is 17.2 Å². The molecule has 1 atom stereocenters. The maximum absolute atomic E-state index is 13.6. The SMILES string of the molecule is CNC(=O)Cc1cc(C2CC(c3cc(C(=O)NCc4ccc(F)c(OC)c4)nc(C)n3)=NO2)c[nH]c1=O. The number of ether oxygens (including phenoxy) is 1. The standard InChI is InChI=1S/C25H25FN6O5/c1-13-30-18(9-20(31-13)25(35)28-11-14-4-5-17(26)22(6-14)36-3)19-10-21(37-32-19)16-7-15(8-23(33)27-2)24(34)29-12-16/h4-7,9,12,21H,8,10-11H2,1-3H3,(H,27,33)(H,28,35)(H,29,34). The first-order chi connectivity index (χ1) is 17.8. The van der Waals surface area contributed by atoms with E-state index in [0.29, 0.717) is 40.3 Å². The number of carbonyl (C=O) groups excluding carboxylic acids is 2. The maximum atomic E-state index is 13.6. The molecule has 3 heterocycles. The summed E-state index contributed by atoms with van der Waals surface area (Å²) in [6, 6.07) is 7.46. The van der Waals surface area contributed by atoms with Gasteiger partial charge in [-0.1, -0.05) is 11.2 Å². The Balaban J connectivity index is 1.46. The number of nitrogens with one attached hydrogen (secondary N) is 3. The molecular weight excluding hydrogens is 483 g/mol. The molecule has 3 aromatic rings. The molecule has 0 fully saturated rings. The summed E-state index contributed by atoms with van der Waals surface area (Å²) in [6.45, 7) is 1.80. The van der Waals surface area contributed by atoms with E-state index in [0.717, 1.165) is 0 Å². The van der Waals surface area contributed by atoms with Crippen LogP contribution < -0.4 is 20.9 Å². The molecule has 1 aliphatic rings. The fraction of sp³-hybridized carbons (Fsp3) is 0.280. The Morgan fingerprint density at radius 3 is 2.81 bits per heavy atom. The molecule has 192 valence electrons. The van der Waals surface area contributed by atoms with E-state index in [2.05, 4.69) is 30.7 Å². The second-order valence-electron chi connectivity index (χ2n) is 8.31. The summed E-state index contributed by atoms with van der Waals surface area (Å²) in [5.74, 6) is -0.757. The van der Waals surface area contributed by atoms with Gasteiger partial charge in [-0.05, 0) is 36.8 Å². The van der Waals surface area contributed by atoms with Crippen LogP contribution in [-0.2, 0) is 22.6 Å². The van der Waals surface area contributed by atoms with Crippen LogP contribution in [0.5, 0.6) is 5.75 Å². The Morgan fingerprint density at radius 1 is 1.24 bits per heavy atom. The Bertz CT molecular complexity index is 1440. The largest absolute Gasteiger partial charge is 0.494 e. The third-order valence-electron chi connectivity index (χ3n) is 5.71. The molecule has 3 N–H and O–H groups in total. The van der Waals surface area contributed by atoms with Gasteiger partial charge >= 0.3 is 0 Å². The van der Waals surface area contributed by atoms with Crippen molar-refractivity contribution in [2.75, 3.05) is 14.2 Å². The Morgan fingerprint density at radius 2 is 2.05 bits per heavy atom. The van der Waals surface area contributed by atoms with Gasteiger partial charge in [0, 0.05) is 37.3 Å². The highest BCUT2D eigenvalue weighted by Crippen LogP contribution is 2.29. The lowest BCUT2D eigenvalue weighted by Gasteiger charge is -2.10. The fourth-order valence-electron chi connectivity index (χ4n) is 3.75. The van der Waals surface area contributed by atoms with Gasteiger partial charge in [0.15, 0.2) is 17.7 Å². The first-order valence-corrected chi connectivity index (χ1v) is 11.4. The normalized spacial score (nSPS) is 14.5. The number of hydrogen-bond acceptors (Lipinski definition) is 8. The van der Waals surface area contributed by atoms with Crippen molar-refractivity contribution in [2.24, 2.45) is 5.16 Å². The highest BCUT2D eigenvalue weighted by atomic mass is 19.1. The minimum Gasteiger partial charge on any atom is -0.494 e. The Hall–Kier alpha value is -4.61. The second kappa shape index (κ2) is 11.0. The number of benzene rings is 1. The number of aromatic nitrogens is 3. The molecule has 37 heavy (non-hydrogen) atoms. The zero-order valence-corrected chi connectivity index (χ0v) is 20.4. The number of halogens is 1. The Kier molecular flexibility index (Phi) is 7.56. The van der Waals surface area contributed by atoms with E-state index in [9.17, 15) is 18.8 Å². The lowest BCUT2D eigenvalue weighted by Crippen LogP contribution is -2.25. The van der Waals surface area contributed by atoms with E-state index < -0.39 is 17.8 Å². The molecule has 11 nitrogen and oxygen atoms in total. The van der Waals surface area contributed by atoms with E-state index in [1.54, 1.807) is 19.1 Å². The maximum Gasteiger partial charge on any atom is 0.270 e. The van der Waals surface area contributed by atoms with E-state index in [4.69, 9.17) is 9.57 Å². The molecule has 0 aliphatic carbocycles. The zero-order valence-electron chi connectivity index (χ0n) is 20.4. The predicted octanol–water partition coefficient (Wildman–Crippen LogP) is 1.71. The van der Waals surface area contributed by atoms with Gasteiger partial charge in [-0.15, -0.1) is 0 Å². The third kappa shape index (κ3) is 5.97. The highest BCUT2D eigenvalue weighted by molar-refractivity contribution is 6.02. The van der Waals surface area contributed by atoms with Gasteiger partial charge in [0.25, 0.3) is 11.5 Å². The number of methoxy groups -OCH3 is 1. The second-order valence-corrected chi connectivity index (χ2v) is 8.31. The minimum absolute atomic E-state index is 0.0611. The first kappa shape index (κ1) is 25.5. The lowest BCUT2D eigenvalue weighted by atomic mass is 10.0. The van der Waals surface area contributed by atoms with E-state index >= 15 is 0 Å². The number of likely N-dealkylation sites (N-methyl/N-ethyl adjacent to an activating group) is 1. The van der Waals surface area contributed by atoms with E-state index in [1.807, 2.05) is 0 Å². The number of H-pyrrole nitrogens is 1. The third-order valence-corrected chi connectivity index (χ3v) is 5.71. The van der Waals surface area contributed by atoms with Crippen molar-refractivity contribution in [1.29, 1.82) is 0 Å². The molecular formula is C25H25FN6O5. The highest BCUT2D eigenvalue weighted by Gasteiger charge is 2.27. The van der Waals surface area contributed by atoms with Crippen molar-refractivity contribution in [3.05, 3.63) is 86.6 Å². The number of aryl methyl sites for hydroxylation is 1. The number of hydrogen-bond donors (Lipinski definition) is 3. The molecule has 1 unspecified atom stereocenters. The van der Waals surface area contributed by atoms with Crippen LogP contribution in [0.25, 0.3) is 0 Å². The summed E-state index contributed by atoms with van der Waals surface area (Å²) < 4.78 is 18.6. The molecule has 12 heteroatoms. The molecule has 2 amide bonds. The average molecular weight is 509 g/mol. The van der Waals surface area contributed by atoms with Crippen molar-refractivity contribution in [1.82, 2.24) is 25.6 Å². The van der Waals surface area contributed by atoms with Gasteiger partial charge in [0.05, 0.1) is 19.2 Å². The zero-order chi connectivity index (χ0) is 26.5. The van der Waals surface area contributed by atoms with Crippen LogP contribution in [0.2, 0.25) is 0 Å². The minimum atomic E-state index is -0.503. The van der Waals surface area contributed by atoms with Crippen molar-refractivity contribution in [3.8, 4) is 5.75 Å². The quantitative estimate of drug-likeness (QED) is 0.420. The van der Waals surface area contributed by atoms with Gasteiger partial charge in [-0.2, -0.15) is 0 Å². The van der Waals surface area contributed by atoms with Crippen molar-refractivity contribution >= 4 is 17.5 Å². The van der Waals surface area contributed by atoms with Crippen molar-refractivity contribution in [2.45, 2.75) is 32.4 Å². The number of rotatable bonds is 8. The number of nitrogens with zero attached hydrogens (tertiary/aromatic N) is 3. The van der Waals surface area contributed by atoms with Crippen LogP contribution >= 0.6 is 0 Å². The molecule has 1 aliphatic heterocycles. The summed E-state index contributed by atoms with van der Waals surface area (Å²) in [4.78, 5) is 53.4. The number of aromatic amines is 1. The van der Waals surface area contributed by atoms with Crippen LogP contribution in [-0.4, -0.2) is 46.6 Å². The van der Waals surface area contributed by atoms with Crippen LogP contribution in [0.15, 0.2) is 46.5 Å². The molecule has 0 spiro atoms. The molecule has 0 saturated heterocycles. The molecule has 2 aromatic heterocycles. The summed E-state index contributed by atoms with van der Waals surface area (Å²) in [5.41, 5.74) is 2.34. The molecule has 0 saturated carbocycles. The van der Waals surface area contributed by atoms with Crippen LogP contribution in [0.1, 0.15) is 51.2 Å². The first-order valence-electron chi connectivity index (χ1n) is 11.4. The van der Waals surface area contributed by atoms with Gasteiger partial charge in [0.2, 0.25) is 5.91 Å². The van der Waals surface area contributed by atoms with Crippen LogP contribution in [0, 0.1) is 12.7 Å².